The Hall–Kier alpha value is -1.83. The largest absolute Gasteiger partial charge is 0.508 e. The molecule has 2 rings (SSSR count). The minimum Gasteiger partial charge on any atom is -0.508 e. The fourth-order valence-electron chi connectivity index (χ4n) is 2.26. The summed E-state index contributed by atoms with van der Waals surface area (Å²) in [6.07, 6.45) is 3.68. The van der Waals surface area contributed by atoms with Crippen molar-refractivity contribution in [3.8, 4) is 5.75 Å². The molecular weight excluding hydrogens is 272 g/mol. The van der Waals surface area contributed by atoms with Gasteiger partial charge in [-0.3, -0.25) is 4.79 Å². The van der Waals surface area contributed by atoms with Crippen molar-refractivity contribution in [1.29, 1.82) is 0 Å². The van der Waals surface area contributed by atoms with Gasteiger partial charge in [-0.05, 0) is 61.8 Å². The highest BCUT2D eigenvalue weighted by molar-refractivity contribution is 5.95. The third-order valence-electron chi connectivity index (χ3n) is 4.18. The molecule has 1 aliphatic rings. The second kappa shape index (κ2) is 7.98. The molecule has 1 atom stereocenters. The molecule has 1 unspecified atom stereocenters. The Labute approximate surface area is 134 Å². The second-order valence-corrected chi connectivity index (χ2v) is 6.49. The summed E-state index contributed by atoms with van der Waals surface area (Å²) in [6.45, 7) is 13.9. The number of carbonyl (C=O) groups is 1. The highest BCUT2D eigenvalue weighted by Crippen LogP contribution is 2.25. The van der Waals surface area contributed by atoms with Gasteiger partial charge in [0.05, 0.1) is 0 Å². The lowest BCUT2D eigenvalue weighted by atomic mass is 9.85. The predicted molar refractivity (Wildman–Crippen MR) is 93.2 cm³/mol. The number of Topliss-reactive ketones (excluding diaryl/α,β-unsaturated/α-hetero) is 1. The van der Waals surface area contributed by atoms with Crippen molar-refractivity contribution in [2.45, 2.75) is 53.4 Å². The van der Waals surface area contributed by atoms with E-state index < -0.39 is 0 Å². The van der Waals surface area contributed by atoms with Gasteiger partial charge in [0.2, 0.25) is 0 Å². The van der Waals surface area contributed by atoms with Gasteiger partial charge in [-0.2, -0.15) is 0 Å². The molecular formula is C20H28O2. The summed E-state index contributed by atoms with van der Waals surface area (Å²) in [6, 6.07) is 5.84. The van der Waals surface area contributed by atoms with Crippen LogP contribution >= 0.6 is 0 Å². The maximum absolute atomic E-state index is 11.2. The minimum atomic E-state index is 0.282. The van der Waals surface area contributed by atoms with Crippen LogP contribution in [0.15, 0.2) is 42.0 Å². The topological polar surface area (TPSA) is 37.3 Å². The van der Waals surface area contributed by atoms with E-state index in [-0.39, 0.29) is 5.78 Å². The van der Waals surface area contributed by atoms with Crippen molar-refractivity contribution in [1.82, 2.24) is 0 Å². The molecule has 22 heavy (non-hydrogen) atoms. The van der Waals surface area contributed by atoms with Gasteiger partial charge in [0.25, 0.3) is 0 Å². The van der Waals surface area contributed by atoms with Crippen LogP contribution in [0.4, 0.5) is 0 Å². The van der Waals surface area contributed by atoms with Crippen LogP contribution in [0.2, 0.25) is 0 Å². The van der Waals surface area contributed by atoms with Crippen LogP contribution in [0.3, 0.4) is 0 Å². The normalized spacial score (nSPS) is 17.6. The third-order valence-corrected chi connectivity index (χ3v) is 4.18. The maximum atomic E-state index is 11.2. The maximum Gasteiger partial charge on any atom is 0.158 e. The lowest BCUT2D eigenvalue weighted by Crippen LogP contribution is -2.14. The molecule has 0 heterocycles. The number of aryl methyl sites for hydroxylation is 1. The zero-order chi connectivity index (χ0) is 16.9. The van der Waals surface area contributed by atoms with Crippen LogP contribution in [-0.2, 0) is 4.79 Å². The molecule has 1 aromatic carbocycles. The molecule has 2 nitrogen and oxygen atoms in total. The Balaban J connectivity index is 0.000000220. The molecule has 120 valence electrons. The van der Waals surface area contributed by atoms with E-state index >= 15 is 0 Å². The van der Waals surface area contributed by atoms with Gasteiger partial charge in [0, 0.05) is 6.42 Å². The third kappa shape index (κ3) is 5.18. The van der Waals surface area contributed by atoms with Crippen LogP contribution in [0.1, 0.15) is 57.6 Å². The van der Waals surface area contributed by atoms with Crippen LogP contribution < -0.4 is 0 Å². The molecule has 0 aromatic heterocycles. The number of phenolic OH excluding ortho intramolecular Hbond substituents is 1. The van der Waals surface area contributed by atoms with Gasteiger partial charge < -0.3 is 5.11 Å². The van der Waals surface area contributed by atoms with Crippen LogP contribution in [0.5, 0.6) is 5.75 Å². The van der Waals surface area contributed by atoms with E-state index in [9.17, 15) is 9.90 Å². The molecule has 0 radical (unpaired) electrons. The van der Waals surface area contributed by atoms with Gasteiger partial charge in [-0.1, -0.05) is 44.2 Å². The molecule has 0 saturated carbocycles. The Kier molecular flexibility index (Phi) is 6.61. The molecule has 0 aliphatic heterocycles. The van der Waals surface area contributed by atoms with E-state index in [1.54, 1.807) is 0 Å². The van der Waals surface area contributed by atoms with Gasteiger partial charge >= 0.3 is 0 Å². The first-order chi connectivity index (χ1) is 10.2. The Morgan fingerprint density at radius 1 is 1.32 bits per heavy atom. The molecule has 0 amide bonds. The molecule has 1 N–H and O–H groups in total. The highest BCUT2D eigenvalue weighted by Gasteiger charge is 2.19. The van der Waals surface area contributed by atoms with Crippen molar-refractivity contribution >= 4 is 5.78 Å². The Bertz CT molecular complexity index is 579. The summed E-state index contributed by atoms with van der Waals surface area (Å²) >= 11 is 0. The quantitative estimate of drug-likeness (QED) is 0.751. The zero-order valence-electron chi connectivity index (χ0n) is 14.4. The number of hydrogen-bond acceptors (Lipinski definition) is 2. The first-order valence-electron chi connectivity index (χ1n) is 7.87. The summed E-state index contributed by atoms with van der Waals surface area (Å²) in [5.41, 5.74) is 4.17. The van der Waals surface area contributed by atoms with E-state index in [1.807, 2.05) is 39.0 Å². The van der Waals surface area contributed by atoms with Gasteiger partial charge in [-0.25, -0.2) is 0 Å². The summed E-state index contributed by atoms with van der Waals surface area (Å²) in [5.74, 6) is 1.56. The van der Waals surface area contributed by atoms with Crippen molar-refractivity contribution in [3.63, 3.8) is 0 Å². The zero-order valence-corrected chi connectivity index (χ0v) is 14.4. The fourth-order valence-corrected chi connectivity index (χ4v) is 2.26. The van der Waals surface area contributed by atoms with Crippen molar-refractivity contribution < 1.29 is 9.90 Å². The van der Waals surface area contributed by atoms with E-state index in [4.69, 9.17) is 0 Å². The van der Waals surface area contributed by atoms with Gasteiger partial charge in [0.1, 0.15) is 5.75 Å². The average Bonchev–Trinajstić information content (AvgIpc) is 2.45. The van der Waals surface area contributed by atoms with E-state index in [0.29, 0.717) is 24.0 Å². The monoisotopic (exact) mass is 300 g/mol. The van der Waals surface area contributed by atoms with E-state index in [2.05, 4.69) is 26.5 Å². The summed E-state index contributed by atoms with van der Waals surface area (Å²) < 4.78 is 0. The SMILES string of the molecule is C=C(C)C1CC=C(C)C(=O)C1.Cc1ccc(C(C)C)cc1O. The fraction of sp³-hybridized carbons (Fsp3) is 0.450. The lowest BCUT2D eigenvalue weighted by Gasteiger charge is -2.18. The minimum absolute atomic E-state index is 0.282. The van der Waals surface area contributed by atoms with Gasteiger partial charge in [-0.15, -0.1) is 0 Å². The highest BCUT2D eigenvalue weighted by atomic mass is 16.3. The molecule has 0 spiro atoms. The molecule has 1 aromatic rings. The number of hydrogen-bond donors (Lipinski definition) is 1. The molecule has 0 fully saturated rings. The number of aromatic hydroxyl groups is 1. The van der Waals surface area contributed by atoms with Crippen molar-refractivity contribution in [2.24, 2.45) is 5.92 Å². The number of ketones is 1. The molecule has 0 bridgehead atoms. The van der Waals surface area contributed by atoms with Crippen LogP contribution in [0, 0.1) is 12.8 Å². The van der Waals surface area contributed by atoms with Crippen molar-refractivity contribution in [2.75, 3.05) is 0 Å². The molecule has 2 heteroatoms. The standard InChI is InChI=1S/2C10H14O/c2*1-7(2)9-5-4-8(3)10(11)6-9/h4-7,11H,1-3H3;4,9H,1,5-6H2,2-3H3. The molecule has 0 saturated heterocycles. The van der Waals surface area contributed by atoms with E-state index in [1.165, 1.54) is 5.56 Å². The predicted octanol–water partition coefficient (Wildman–Crippen LogP) is 5.31. The Morgan fingerprint density at radius 2 is 1.95 bits per heavy atom. The van der Waals surface area contributed by atoms with Gasteiger partial charge in [0.15, 0.2) is 5.78 Å². The first kappa shape index (κ1) is 18.2. The lowest BCUT2D eigenvalue weighted by molar-refractivity contribution is -0.116. The second-order valence-electron chi connectivity index (χ2n) is 6.49. The average molecular weight is 300 g/mol. The first-order valence-corrected chi connectivity index (χ1v) is 7.87. The Morgan fingerprint density at radius 3 is 2.41 bits per heavy atom. The van der Waals surface area contributed by atoms with Crippen LogP contribution in [0.25, 0.3) is 0 Å². The number of phenols is 1. The number of allylic oxidation sites excluding steroid dienone is 3. The van der Waals surface area contributed by atoms with E-state index in [0.717, 1.165) is 23.1 Å². The van der Waals surface area contributed by atoms with Crippen molar-refractivity contribution in [3.05, 3.63) is 53.1 Å². The summed E-state index contributed by atoms with van der Waals surface area (Å²) in [5, 5.41) is 9.35. The van der Waals surface area contributed by atoms with Crippen LogP contribution in [-0.4, -0.2) is 10.9 Å². The summed E-state index contributed by atoms with van der Waals surface area (Å²) in [4.78, 5) is 11.2. The smallest absolute Gasteiger partial charge is 0.158 e. The summed E-state index contributed by atoms with van der Waals surface area (Å²) in [7, 11) is 0. The number of benzene rings is 1. The number of carbonyl (C=O) groups excluding carboxylic acids is 1. The number of rotatable bonds is 2. The molecule has 1 aliphatic carbocycles.